The Morgan fingerprint density at radius 3 is 2.53 bits per heavy atom. The van der Waals surface area contributed by atoms with Gasteiger partial charge >= 0.3 is 12.1 Å². The first-order valence-corrected chi connectivity index (χ1v) is 10.3. The molecule has 30 heavy (non-hydrogen) atoms. The summed E-state index contributed by atoms with van der Waals surface area (Å²) in [6, 6.07) is 5.57. The molecule has 162 valence electrons. The standard InChI is InChI=1S/C19H23N3O7S/c1-18(2,3)27-17(24)21-19(4,11-30-5)16(23)29-28-14-9-8-13(22(25)26)12-7-6-10-20-15(12)14/h6-10H,11H2,1-5H3,(H,21,24). The summed E-state index contributed by atoms with van der Waals surface area (Å²) in [4.78, 5) is 49.7. The number of hydrogen-bond acceptors (Lipinski definition) is 9. The molecule has 0 saturated heterocycles. The van der Waals surface area contributed by atoms with Crippen molar-refractivity contribution < 1.29 is 29.0 Å². The van der Waals surface area contributed by atoms with E-state index < -0.39 is 28.1 Å². The fourth-order valence-electron chi connectivity index (χ4n) is 2.50. The molecular weight excluding hydrogens is 414 g/mol. The molecular formula is C19H23N3O7S. The topological polar surface area (TPSA) is 130 Å². The number of pyridine rings is 1. The number of ether oxygens (including phenoxy) is 1. The van der Waals surface area contributed by atoms with Crippen LogP contribution in [0, 0.1) is 10.1 Å². The molecule has 0 aliphatic carbocycles. The summed E-state index contributed by atoms with van der Waals surface area (Å²) in [7, 11) is 0. The molecule has 1 aromatic heterocycles. The van der Waals surface area contributed by atoms with Crippen molar-refractivity contribution in [3.63, 3.8) is 0 Å². The fraction of sp³-hybridized carbons (Fsp3) is 0.421. The first-order chi connectivity index (χ1) is 14.0. The van der Waals surface area contributed by atoms with Crippen LogP contribution in [0.15, 0.2) is 30.5 Å². The van der Waals surface area contributed by atoms with Crippen molar-refractivity contribution in [2.45, 2.75) is 38.8 Å². The number of aromatic nitrogens is 1. The minimum atomic E-state index is -1.44. The normalized spacial score (nSPS) is 13.2. The number of amides is 1. The lowest BCUT2D eigenvalue weighted by Crippen LogP contribution is -2.56. The Balaban J connectivity index is 2.20. The highest BCUT2D eigenvalue weighted by Crippen LogP contribution is 2.31. The molecule has 11 heteroatoms. The summed E-state index contributed by atoms with van der Waals surface area (Å²) in [5, 5.41) is 13.9. The van der Waals surface area contributed by atoms with Crippen molar-refractivity contribution in [2.24, 2.45) is 0 Å². The smallest absolute Gasteiger partial charge is 0.408 e. The number of fused-ring (bicyclic) bond motifs is 1. The van der Waals surface area contributed by atoms with E-state index >= 15 is 0 Å². The van der Waals surface area contributed by atoms with Gasteiger partial charge in [0.1, 0.15) is 11.1 Å². The molecule has 10 nitrogen and oxygen atoms in total. The summed E-state index contributed by atoms with van der Waals surface area (Å²) in [5.74, 6) is -0.660. The number of hydrogen-bond donors (Lipinski definition) is 1. The Hall–Kier alpha value is -3.08. The van der Waals surface area contributed by atoms with Gasteiger partial charge in [-0.15, -0.1) is 0 Å². The second-order valence-electron chi connectivity index (χ2n) is 7.59. The number of non-ortho nitro benzene ring substituents is 1. The molecule has 0 radical (unpaired) electrons. The van der Waals surface area contributed by atoms with E-state index in [1.54, 1.807) is 33.1 Å². The Kier molecular flexibility index (Phi) is 7.08. The maximum Gasteiger partial charge on any atom is 0.408 e. The van der Waals surface area contributed by atoms with E-state index in [0.29, 0.717) is 0 Å². The molecule has 2 rings (SSSR count). The van der Waals surface area contributed by atoms with Gasteiger partial charge in [0.25, 0.3) is 5.69 Å². The van der Waals surface area contributed by atoms with Crippen LogP contribution in [0.3, 0.4) is 0 Å². The van der Waals surface area contributed by atoms with Crippen LogP contribution >= 0.6 is 11.8 Å². The lowest BCUT2D eigenvalue weighted by molar-refractivity contribution is -0.383. The van der Waals surface area contributed by atoms with E-state index in [4.69, 9.17) is 14.5 Å². The number of rotatable bonds is 7. The van der Waals surface area contributed by atoms with Crippen LogP contribution in [0.25, 0.3) is 10.9 Å². The molecule has 0 saturated carbocycles. The van der Waals surface area contributed by atoms with Gasteiger partial charge in [0, 0.05) is 18.0 Å². The van der Waals surface area contributed by atoms with Crippen LogP contribution in [-0.2, 0) is 14.4 Å². The molecule has 0 aliphatic heterocycles. The second-order valence-corrected chi connectivity index (χ2v) is 8.45. The van der Waals surface area contributed by atoms with Crippen LogP contribution in [0.1, 0.15) is 27.7 Å². The van der Waals surface area contributed by atoms with E-state index in [1.165, 1.54) is 43.1 Å². The van der Waals surface area contributed by atoms with E-state index in [-0.39, 0.29) is 28.1 Å². The van der Waals surface area contributed by atoms with Gasteiger partial charge < -0.3 is 10.1 Å². The molecule has 0 fully saturated rings. The summed E-state index contributed by atoms with van der Waals surface area (Å²) < 4.78 is 5.20. The predicted octanol–water partition coefficient (Wildman–Crippen LogP) is 3.63. The molecule has 0 spiro atoms. The maximum atomic E-state index is 12.7. The van der Waals surface area contributed by atoms with Crippen molar-refractivity contribution in [3.05, 3.63) is 40.6 Å². The van der Waals surface area contributed by atoms with E-state index in [1.807, 2.05) is 0 Å². The fourth-order valence-corrected chi connectivity index (χ4v) is 3.26. The van der Waals surface area contributed by atoms with Crippen LogP contribution in [-0.4, -0.2) is 45.1 Å². The average molecular weight is 437 g/mol. The Morgan fingerprint density at radius 1 is 1.23 bits per heavy atom. The van der Waals surface area contributed by atoms with Gasteiger partial charge in [-0.25, -0.2) is 14.5 Å². The summed E-state index contributed by atoms with van der Waals surface area (Å²) in [6.07, 6.45) is 2.41. The number of nitrogens with one attached hydrogen (secondary N) is 1. The lowest BCUT2D eigenvalue weighted by atomic mass is 10.1. The maximum absolute atomic E-state index is 12.7. The Labute approximate surface area is 177 Å². The third-order valence-corrected chi connectivity index (χ3v) is 4.64. The average Bonchev–Trinajstić information content (AvgIpc) is 2.63. The minimum absolute atomic E-state index is 0.0216. The Bertz CT molecular complexity index is 961. The van der Waals surface area contributed by atoms with E-state index in [9.17, 15) is 19.7 Å². The van der Waals surface area contributed by atoms with Crippen molar-refractivity contribution in [2.75, 3.05) is 12.0 Å². The molecule has 1 unspecified atom stereocenters. The molecule has 0 aliphatic rings. The van der Waals surface area contributed by atoms with Crippen molar-refractivity contribution in [1.29, 1.82) is 0 Å². The third-order valence-electron chi connectivity index (χ3n) is 3.77. The summed E-state index contributed by atoms with van der Waals surface area (Å²) in [5.41, 5.74) is -2.18. The number of benzene rings is 1. The highest BCUT2D eigenvalue weighted by Gasteiger charge is 2.39. The highest BCUT2D eigenvalue weighted by atomic mass is 32.2. The molecule has 2 aromatic rings. The molecule has 1 amide bonds. The zero-order chi connectivity index (χ0) is 22.5. The first-order valence-electron chi connectivity index (χ1n) is 8.88. The number of carbonyl (C=O) groups excluding carboxylic acids is 2. The van der Waals surface area contributed by atoms with Gasteiger partial charge in [-0.2, -0.15) is 11.8 Å². The molecule has 1 aromatic carbocycles. The summed E-state index contributed by atoms with van der Waals surface area (Å²) in [6.45, 7) is 6.58. The lowest BCUT2D eigenvalue weighted by Gasteiger charge is -2.28. The highest BCUT2D eigenvalue weighted by molar-refractivity contribution is 7.98. The van der Waals surface area contributed by atoms with Crippen LogP contribution in [0.5, 0.6) is 5.75 Å². The van der Waals surface area contributed by atoms with Crippen LogP contribution in [0.4, 0.5) is 10.5 Å². The van der Waals surface area contributed by atoms with Crippen LogP contribution < -0.4 is 10.2 Å². The second kappa shape index (κ2) is 9.16. The van der Waals surface area contributed by atoms with E-state index in [2.05, 4.69) is 10.3 Å². The Morgan fingerprint density at radius 2 is 1.93 bits per heavy atom. The van der Waals surface area contributed by atoms with Gasteiger partial charge in [-0.05, 0) is 52.1 Å². The van der Waals surface area contributed by atoms with Crippen molar-refractivity contribution in [3.8, 4) is 5.75 Å². The number of alkyl carbamates (subject to hydrolysis) is 1. The van der Waals surface area contributed by atoms with Crippen LogP contribution in [0.2, 0.25) is 0 Å². The molecule has 1 atom stereocenters. The molecule has 1 heterocycles. The largest absolute Gasteiger partial charge is 0.444 e. The van der Waals surface area contributed by atoms with E-state index in [0.717, 1.165) is 0 Å². The number of thioether (sulfide) groups is 1. The van der Waals surface area contributed by atoms with Gasteiger partial charge in [0.15, 0.2) is 5.54 Å². The zero-order valence-electron chi connectivity index (χ0n) is 17.3. The van der Waals surface area contributed by atoms with Gasteiger partial charge in [0.2, 0.25) is 5.75 Å². The number of nitro benzene ring substituents is 1. The zero-order valence-corrected chi connectivity index (χ0v) is 18.1. The monoisotopic (exact) mass is 437 g/mol. The molecule has 0 bridgehead atoms. The van der Waals surface area contributed by atoms with Gasteiger partial charge in [0.05, 0.1) is 10.3 Å². The van der Waals surface area contributed by atoms with Crippen molar-refractivity contribution >= 4 is 40.4 Å². The van der Waals surface area contributed by atoms with Crippen molar-refractivity contribution in [1.82, 2.24) is 10.3 Å². The number of carbonyl (C=O) groups is 2. The number of nitrogens with zero attached hydrogens (tertiary/aromatic N) is 2. The summed E-state index contributed by atoms with van der Waals surface area (Å²) >= 11 is 1.31. The predicted molar refractivity (Wildman–Crippen MR) is 111 cm³/mol. The molecule has 1 N–H and O–H groups in total. The third kappa shape index (κ3) is 5.72. The van der Waals surface area contributed by atoms with Gasteiger partial charge in [-0.1, -0.05) is 0 Å². The number of nitro groups is 1. The first kappa shape index (κ1) is 23.2. The SMILES string of the molecule is CSCC(C)(NC(=O)OC(C)(C)C)C(=O)OOc1ccc([N+](=O)[O-])c2cccnc12. The quantitative estimate of drug-likeness (QED) is 0.392. The van der Waals surface area contributed by atoms with Gasteiger partial charge in [-0.3, -0.25) is 20.0 Å². The minimum Gasteiger partial charge on any atom is -0.444 e.